The molecule has 2 atom stereocenters. The molecule has 2 unspecified atom stereocenters. The minimum atomic E-state index is -1.30. The molecule has 0 aliphatic carbocycles. The predicted molar refractivity (Wildman–Crippen MR) is 202 cm³/mol. The number of aliphatic hydroxyl groups is 1. The Bertz CT molecular complexity index is 1600. The molecule has 10 nitrogen and oxygen atoms in total. The van der Waals surface area contributed by atoms with Gasteiger partial charge < -0.3 is 29.1 Å². The summed E-state index contributed by atoms with van der Waals surface area (Å²) in [5.41, 5.74) is 2.55. The van der Waals surface area contributed by atoms with Crippen LogP contribution in [0.2, 0.25) is 51.4 Å². The van der Waals surface area contributed by atoms with E-state index in [1.165, 1.54) is 6.07 Å². The Morgan fingerprint density at radius 3 is 2.10 bits per heavy atom. The highest BCUT2D eigenvalue weighted by molar-refractivity contribution is 6.76. The summed E-state index contributed by atoms with van der Waals surface area (Å²) in [5.74, 6) is 0.431. The van der Waals surface area contributed by atoms with Crippen LogP contribution in [0, 0.1) is 5.82 Å². The van der Waals surface area contributed by atoms with Gasteiger partial charge in [0.1, 0.15) is 30.7 Å². The van der Waals surface area contributed by atoms with Gasteiger partial charge in [0.05, 0.1) is 12.8 Å². The Kier molecular flexibility index (Phi) is 11.8. The Morgan fingerprint density at radius 2 is 1.58 bits per heavy atom. The van der Waals surface area contributed by atoms with Crippen molar-refractivity contribution in [1.82, 2.24) is 19.5 Å². The van der Waals surface area contributed by atoms with Crippen molar-refractivity contribution in [3.05, 3.63) is 47.5 Å². The number of benzene rings is 1. The van der Waals surface area contributed by atoms with Crippen molar-refractivity contribution in [2.24, 2.45) is 0 Å². The number of piperidine rings is 1. The van der Waals surface area contributed by atoms with E-state index in [-0.39, 0.29) is 36.3 Å². The largest absolute Gasteiger partial charge is 0.444 e. The van der Waals surface area contributed by atoms with Crippen LogP contribution in [-0.2, 0) is 20.8 Å². The topological polar surface area (TPSA) is 102 Å². The molecule has 2 aliphatic rings. The summed E-state index contributed by atoms with van der Waals surface area (Å²) in [6.07, 6.45) is 4.92. The summed E-state index contributed by atoms with van der Waals surface area (Å²) < 4.78 is 35.2. The van der Waals surface area contributed by atoms with Gasteiger partial charge in [-0.2, -0.15) is 9.61 Å². The SMILES string of the molecule is CC(C)(C)OC(=O)N1C2CCC1CC(c1cc(N(COCC[Si](C)(C)C)COCC[Si](C)(C)C)n3ncc(-c4ccc(CO)c(F)c4)c3n1)C2. The molecule has 2 aromatic heterocycles. The van der Waals surface area contributed by atoms with Crippen LogP contribution in [0.3, 0.4) is 0 Å². The molecule has 1 N–H and O–H groups in total. The molecule has 0 saturated carbocycles. The van der Waals surface area contributed by atoms with Crippen molar-refractivity contribution < 1.29 is 28.5 Å². The lowest BCUT2D eigenvalue weighted by atomic mass is 9.88. The quantitative estimate of drug-likeness (QED) is 0.101. The number of carbonyl (C=O) groups is 1. The smallest absolute Gasteiger partial charge is 0.410 e. The lowest BCUT2D eigenvalue weighted by molar-refractivity contribution is 0.00568. The van der Waals surface area contributed by atoms with Crippen LogP contribution in [-0.4, -0.2) is 91.2 Å². The molecule has 276 valence electrons. The van der Waals surface area contributed by atoms with E-state index < -0.39 is 27.6 Å². The zero-order chi connectivity index (χ0) is 36.4. The maximum absolute atomic E-state index is 14.9. The van der Waals surface area contributed by atoms with E-state index in [1.807, 2.05) is 30.2 Å². The highest BCUT2D eigenvalue weighted by atomic mass is 28.3. The fourth-order valence-corrected chi connectivity index (χ4v) is 8.27. The number of halogens is 1. The number of aliphatic hydroxyl groups excluding tert-OH is 1. The number of rotatable bonds is 14. The number of ether oxygens (including phenoxy) is 3. The fraction of sp³-hybridized carbons (Fsp3) is 0.649. The molecule has 5 rings (SSSR count). The molecule has 0 radical (unpaired) electrons. The van der Waals surface area contributed by atoms with Gasteiger partial charge in [-0.15, -0.1) is 0 Å². The monoisotopic (exact) mass is 727 g/mol. The second-order valence-corrected chi connectivity index (χ2v) is 28.7. The minimum absolute atomic E-state index is 0.0745. The van der Waals surface area contributed by atoms with Crippen molar-refractivity contribution in [1.29, 1.82) is 0 Å². The first-order valence-corrected chi connectivity index (χ1v) is 25.5. The molecular weight excluding hydrogens is 670 g/mol. The van der Waals surface area contributed by atoms with Crippen LogP contribution in [0.1, 0.15) is 63.6 Å². The van der Waals surface area contributed by atoms with Crippen LogP contribution in [0.5, 0.6) is 0 Å². The normalized spacial score (nSPS) is 19.7. The van der Waals surface area contributed by atoms with Gasteiger partial charge in [0, 0.05) is 70.3 Å². The first kappa shape index (κ1) is 38.4. The number of nitrogens with zero attached hydrogens (tertiary/aromatic N) is 5. The molecule has 0 spiro atoms. The van der Waals surface area contributed by atoms with Crippen molar-refractivity contribution >= 4 is 33.7 Å². The van der Waals surface area contributed by atoms with Crippen LogP contribution in [0.4, 0.5) is 15.0 Å². The van der Waals surface area contributed by atoms with E-state index in [0.29, 0.717) is 43.4 Å². The number of amides is 1. The Morgan fingerprint density at radius 1 is 0.980 bits per heavy atom. The van der Waals surface area contributed by atoms with Crippen LogP contribution < -0.4 is 4.90 Å². The number of fused-ring (bicyclic) bond motifs is 3. The molecular formula is C37H58FN5O5Si2. The van der Waals surface area contributed by atoms with Crippen LogP contribution in [0.25, 0.3) is 16.8 Å². The highest BCUT2D eigenvalue weighted by Gasteiger charge is 2.45. The van der Waals surface area contributed by atoms with E-state index in [0.717, 1.165) is 49.3 Å². The molecule has 2 saturated heterocycles. The van der Waals surface area contributed by atoms with E-state index in [1.54, 1.807) is 18.3 Å². The van der Waals surface area contributed by atoms with Gasteiger partial charge in [0.15, 0.2) is 5.65 Å². The third-order valence-electron chi connectivity index (χ3n) is 9.57. The zero-order valence-corrected chi connectivity index (χ0v) is 33.6. The third kappa shape index (κ3) is 9.72. The number of hydrogen-bond acceptors (Lipinski definition) is 8. The number of hydrogen-bond donors (Lipinski definition) is 1. The summed E-state index contributed by atoms with van der Waals surface area (Å²) in [5, 5.41) is 14.4. The van der Waals surface area contributed by atoms with Gasteiger partial charge in [0.25, 0.3) is 0 Å². The summed E-state index contributed by atoms with van der Waals surface area (Å²) in [6, 6.07) is 9.20. The Hall–Kier alpha value is -2.85. The van der Waals surface area contributed by atoms with Gasteiger partial charge in [-0.05, 0) is 70.2 Å². The lowest BCUT2D eigenvalue weighted by Crippen LogP contribution is -2.48. The summed E-state index contributed by atoms with van der Waals surface area (Å²) in [7, 11) is -2.59. The molecule has 1 amide bonds. The summed E-state index contributed by atoms with van der Waals surface area (Å²) in [6.45, 7) is 21.4. The average molecular weight is 728 g/mol. The first-order valence-electron chi connectivity index (χ1n) is 18.1. The van der Waals surface area contributed by atoms with E-state index >= 15 is 0 Å². The second-order valence-electron chi connectivity index (χ2n) is 17.5. The van der Waals surface area contributed by atoms with Gasteiger partial charge in [-0.1, -0.05) is 51.4 Å². The molecule has 2 fully saturated rings. The maximum Gasteiger partial charge on any atom is 0.410 e. The van der Waals surface area contributed by atoms with Crippen LogP contribution >= 0.6 is 0 Å². The second kappa shape index (κ2) is 15.4. The molecule has 3 aromatic rings. The van der Waals surface area contributed by atoms with Crippen LogP contribution in [0.15, 0.2) is 30.5 Å². The van der Waals surface area contributed by atoms with Crippen molar-refractivity contribution in [2.45, 2.75) is 128 Å². The summed E-state index contributed by atoms with van der Waals surface area (Å²) >= 11 is 0. The molecule has 2 aliphatic heterocycles. The number of aromatic nitrogens is 3. The third-order valence-corrected chi connectivity index (χ3v) is 13.0. The Balaban J connectivity index is 1.53. The Labute approximate surface area is 299 Å². The molecule has 2 bridgehead atoms. The fourth-order valence-electron chi connectivity index (χ4n) is 6.75. The van der Waals surface area contributed by atoms with Gasteiger partial charge in [-0.25, -0.2) is 14.2 Å². The first-order chi connectivity index (χ1) is 23.4. The van der Waals surface area contributed by atoms with Gasteiger partial charge in [0.2, 0.25) is 0 Å². The van der Waals surface area contributed by atoms with Crippen molar-refractivity contribution in [3.63, 3.8) is 0 Å². The van der Waals surface area contributed by atoms with E-state index in [9.17, 15) is 14.3 Å². The maximum atomic E-state index is 14.9. The number of carbonyl (C=O) groups excluding carboxylic acids is 1. The minimum Gasteiger partial charge on any atom is -0.444 e. The predicted octanol–water partition coefficient (Wildman–Crippen LogP) is 8.10. The standard InChI is InChI=1S/C37H58FN5O5Si2/c1-37(2,3)48-36(45)42-29-12-13-30(42)19-28(18-29)33-21-34(41(24-46-14-16-49(4,5)6)25-47-15-17-50(7,8)9)43-35(40-33)31(22-39-43)26-10-11-27(23-44)32(38)20-26/h10-11,20-22,28-30,44H,12-19,23-25H2,1-9H3. The average Bonchev–Trinajstić information content (AvgIpc) is 3.56. The molecule has 13 heteroatoms. The van der Waals surface area contributed by atoms with E-state index in [4.69, 9.17) is 24.3 Å². The van der Waals surface area contributed by atoms with Gasteiger partial charge >= 0.3 is 6.09 Å². The number of anilines is 1. The molecule has 4 heterocycles. The van der Waals surface area contributed by atoms with Crippen molar-refractivity contribution in [3.8, 4) is 11.1 Å². The summed E-state index contributed by atoms with van der Waals surface area (Å²) in [4.78, 5) is 22.5. The molecule has 50 heavy (non-hydrogen) atoms. The van der Waals surface area contributed by atoms with Gasteiger partial charge in [-0.3, -0.25) is 0 Å². The van der Waals surface area contributed by atoms with Crippen molar-refractivity contribution in [2.75, 3.05) is 31.6 Å². The molecule has 1 aromatic carbocycles. The van der Waals surface area contributed by atoms with E-state index in [2.05, 4.69) is 50.2 Å². The highest BCUT2D eigenvalue weighted by Crippen LogP contribution is 2.44. The zero-order valence-electron chi connectivity index (χ0n) is 31.6. The lowest BCUT2D eigenvalue weighted by Gasteiger charge is -2.39.